The normalized spacial score (nSPS) is 14.9. The minimum atomic E-state index is 0.740. The molecule has 94 valence electrons. The summed E-state index contributed by atoms with van der Waals surface area (Å²) in [5.41, 5.74) is 3.34. The predicted octanol–water partition coefficient (Wildman–Crippen LogP) is 1.89. The zero-order valence-corrected chi connectivity index (χ0v) is 10.6. The standard InChI is InChI=1S/C14H18N4/c1-11-6-7-18(17-11)10-14-3-2-12(9-16-14)8-15-13-4-5-13/h2-3,6-7,9,13,15H,4-5,8,10H2,1H3. The Kier molecular flexibility index (Phi) is 3.11. The summed E-state index contributed by atoms with van der Waals surface area (Å²) in [5.74, 6) is 0. The maximum absolute atomic E-state index is 4.48. The Balaban J connectivity index is 1.59. The van der Waals surface area contributed by atoms with Gasteiger partial charge in [0.05, 0.1) is 17.9 Å². The molecule has 2 aromatic heterocycles. The van der Waals surface area contributed by atoms with Crippen molar-refractivity contribution in [2.45, 2.75) is 38.9 Å². The number of nitrogens with zero attached hydrogens (tertiary/aromatic N) is 3. The van der Waals surface area contributed by atoms with E-state index in [2.05, 4.69) is 27.5 Å². The molecular formula is C14H18N4. The first kappa shape index (κ1) is 11.4. The van der Waals surface area contributed by atoms with Crippen LogP contribution in [-0.2, 0) is 13.1 Å². The van der Waals surface area contributed by atoms with Crippen LogP contribution in [0.5, 0.6) is 0 Å². The fraction of sp³-hybridized carbons (Fsp3) is 0.429. The summed E-state index contributed by atoms with van der Waals surface area (Å²) >= 11 is 0. The molecule has 0 spiro atoms. The molecule has 4 nitrogen and oxygen atoms in total. The van der Waals surface area contributed by atoms with Gasteiger partial charge in [-0.25, -0.2) is 0 Å². The molecule has 1 aliphatic rings. The fourth-order valence-electron chi connectivity index (χ4n) is 1.92. The van der Waals surface area contributed by atoms with Gasteiger partial charge in [-0.05, 0) is 37.5 Å². The van der Waals surface area contributed by atoms with Crippen LogP contribution >= 0.6 is 0 Å². The summed E-state index contributed by atoms with van der Waals surface area (Å²) in [7, 11) is 0. The van der Waals surface area contributed by atoms with Crippen molar-refractivity contribution in [3.63, 3.8) is 0 Å². The van der Waals surface area contributed by atoms with Crippen molar-refractivity contribution >= 4 is 0 Å². The first-order valence-electron chi connectivity index (χ1n) is 6.47. The highest BCUT2D eigenvalue weighted by Gasteiger charge is 2.19. The molecule has 0 atom stereocenters. The van der Waals surface area contributed by atoms with E-state index >= 15 is 0 Å². The van der Waals surface area contributed by atoms with Crippen LogP contribution in [0.1, 0.15) is 29.8 Å². The lowest BCUT2D eigenvalue weighted by Crippen LogP contribution is -2.15. The molecule has 0 saturated heterocycles. The SMILES string of the molecule is Cc1ccn(Cc2ccc(CNC3CC3)cn2)n1. The van der Waals surface area contributed by atoms with E-state index in [0.29, 0.717) is 0 Å². The molecule has 0 amide bonds. The quantitative estimate of drug-likeness (QED) is 0.870. The number of aryl methyl sites for hydroxylation is 1. The summed E-state index contributed by atoms with van der Waals surface area (Å²) in [4.78, 5) is 4.48. The van der Waals surface area contributed by atoms with Gasteiger partial charge in [-0.15, -0.1) is 0 Å². The average molecular weight is 242 g/mol. The second kappa shape index (κ2) is 4.90. The summed E-state index contributed by atoms with van der Waals surface area (Å²) in [6, 6.07) is 6.99. The number of rotatable bonds is 5. The maximum Gasteiger partial charge on any atom is 0.0831 e. The van der Waals surface area contributed by atoms with Crippen LogP contribution in [0.3, 0.4) is 0 Å². The van der Waals surface area contributed by atoms with Gasteiger partial charge in [0.25, 0.3) is 0 Å². The highest BCUT2D eigenvalue weighted by molar-refractivity contribution is 5.14. The van der Waals surface area contributed by atoms with Crippen LogP contribution < -0.4 is 5.32 Å². The Morgan fingerprint density at radius 1 is 1.33 bits per heavy atom. The van der Waals surface area contributed by atoms with Crippen molar-refractivity contribution in [2.75, 3.05) is 0 Å². The van der Waals surface area contributed by atoms with Crippen molar-refractivity contribution in [1.29, 1.82) is 0 Å². The van der Waals surface area contributed by atoms with Gasteiger partial charge in [-0.2, -0.15) is 5.10 Å². The van der Waals surface area contributed by atoms with Crippen LogP contribution in [0.15, 0.2) is 30.6 Å². The Morgan fingerprint density at radius 3 is 2.83 bits per heavy atom. The van der Waals surface area contributed by atoms with Crippen molar-refractivity contribution in [3.8, 4) is 0 Å². The number of aromatic nitrogens is 3. The van der Waals surface area contributed by atoms with E-state index in [1.807, 2.05) is 30.1 Å². The van der Waals surface area contributed by atoms with Gasteiger partial charge in [-0.1, -0.05) is 6.07 Å². The lowest BCUT2D eigenvalue weighted by Gasteiger charge is -2.05. The highest BCUT2D eigenvalue weighted by atomic mass is 15.3. The van der Waals surface area contributed by atoms with Gasteiger partial charge in [-0.3, -0.25) is 9.67 Å². The van der Waals surface area contributed by atoms with Crippen molar-refractivity contribution < 1.29 is 0 Å². The van der Waals surface area contributed by atoms with Gasteiger partial charge >= 0.3 is 0 Å². The van der Waals surface area contributed by atoms with Gasteiger partial charge in [0, 0.05) is 25.0 Å². The van der Waals surface area contributed by atoms with Gasteiger partial charge in [0.15, 0.2) is 0 Å². The molecule has 18 heavy (non-hydrogen) atoms. The van der Waals surface area contributed by atoms with Gasteiger partial charge < -0.3 is 5.32 Å². The third-order valence-corrected chi connectivity index (χ3v) is 3.16. The van der Waals surface area contributed by atoms with Crippen LogP contribution in [-0.4, -0.2) is 20.8 Å². The van der Waals surface area contributed by atoms with Crippen molar-refractivity contribution in [3.05, 3.63) is 47.5 Å². The first-order valence-corrected chi connectivity index (χ1v) is 6.47. The molecule has 2 aromatic rings. The molecule has 0 aromatic carbocycles. The lowest BCUT2D eigenvalue weighted by molar-refractivity contribution is 0.660. The van der Waals surface area contributed by atoms with E-state index in [-0.39, 0.29) is 0 Å². The predicted molar refractivity (Wildman–Crippen MR) is 70.2 cm³/mol. The number of hydrogen-bond acceptors (Lipinski definition) is 3. The Labute approximate surface area is 107 Å². The third kappa shape index (κ3) is 2.96. The molecule has 4 heteroatoms. The summed E-state index contributed by atoms with van der Waals surface area (Å²) in [5, 5.41) is 7.85. The van der Waals surface area contributed by atoms with E-state index in [4.69, 9.17) is 0 Å². The van der Waals surface area contributed by atoms with Gasteiger partial charge in [0.1, 0.15) is 0 Å². The summed E-state index contributed by atoms with van der Waals surface area (Å²) in [6.07, 6.45) is 6.59. The number of pyridine rings is 1. The van der Waals surface area contributed by atoms with Gasteiger partial charge in [0.2, 0.25) is 0 Å². The van der Waals surface area contributed by atoms with E-state index in [1.54, 1.807) is 0 Å². The second-order valence-corrected chi connectivity index (χ2v) is 4.97. The first-order chi connectivity index (χ1) is 8.79. The Hall–Kier alpha value is -1.68. The average Bonchev–Trinajstić information content (AvgIpc) is 3.12. The number of nitrogens with one attached hydrogen (secondary N) is 1. The van der Waals surface area contributed by atoms with Crippen LogP contribution in [0.4, 0.5) is 0 Å². The van der Waals surface area contributed by atoms with E-state index in [9.17, 15) is 0 Å². The smallest absolute Gasteiger partial charge is 0.0831 e. The second-order valence-electron chi connectivity index (χ2n) is 4.97. The molecular weight excluding hydrogens is 224 g/mol. The van der Waals surface area contributed by atoms with Crippen LogP contribution in [0.25, 0.3) is 0 Å². The van der Waals surface area contributed by atoms with Crippen molar-refractivity contribution in [2.24, 2.45) is 0 Å². The molecule has 0 unspecified atom stereocenters. The summed E-state index contributed by atoms with van der Waals surface area (Å²) in [6.45, 7) is 3.67. The Bertz CT molecular complexity index is 511. The van der Waals surface area contributed by atoms with Crippen LogP contribution in [0.2, 0.25) is 0 Å². The molecule has 2 heterocycles. The minimum Gasteiger partial charge on any atom is -0.310 e. The monoisotopic (exact) mass is 242 g/mol. The largest absolute Gasteiger partial charge is 0.310 e. The lowest BCUT2D eigenvalue weighted by atomic mass is 10.2. The fourth-order valence-corrected chi connectivity index (χ4v) is 1.92. The Morgan fingerprint density at radius 2 is 2.22 bits per heavy atom. The maximum atomic E-state index is 4.48. The number of hydrogen-bond donors (Lipinski definition) is 1. The highest BCUT2D eigenvalue weighted by Crippen LogP contribution is 2.19. The summed E-state index contributed by atoms with van der Waals surface area (Å²) < 4.78 is 1.92. The zero-order valence-electron chi connectivity index (χ0n) is 10.6. The molecule has 0 bridgehead atoms. The molecule has 0 radical (unpaired) electrons. The third-order valence-electron chi connectivity index (χ3n) is 3.16. The molecule has 0 aliphatic heterocycles. The minimum absolute atomic E-state index is 0.740. The molecule has 3 rings (SSSR count). The zero-order chi connectivity index (χ0) is 12.4. The molecule has 1 fully saturated rings. The van der Waals surface area contributed by atoms with E-state index in [1.165, 1.54) is 18.4 Å². The molecule has 1 N–H and O–H groups in total. The van der Waals surface area contributed by atoms with E-state index in [0.717, 1.165) is 30.5 Å². The van der Waals surface area contributed by atoms with Crippen LogP contribution in [0, 0.1) is 6.92 Å². The van der Waals surface area contributed by atoms with Crippen molar-refractivity contribution in [1.82, 2.24) is 20.1 Å². The van der Waals surface area contributed by atoms with E-state index < -0.39 is 0 Å². The molecule has 1 aliphatic carbocycles. The topological polar surface area (TPSA) is 42.7 Å². The molecule has 1 saturated carbocycles.